The number of aliphatic hydroxyl groups is 1. The highest BCUT2D eigenvalue weighted by atomic mass is 16.5. The third-order valence-electron chi connectivity index (χ3n) is 11.8. The molecule has 2 N–H and O–H groups in total. The topological polar surface area (TPSA) is 71.5 Å². The normalized spacial score (nSPS) is 42.6. The van der Waals surface area contributed by atoms with Gasteiger partial charge < -0.3 is 15.2 Å². The number of esters is 1. The predicted molar refractivity (Wildman–Crippen MR) is 142 cm³/mol. The molecular weight excluding hydrogens is 448 g/mol. The van der Waals surface area contributed by atoms with Crippen LogP contribution in [0.4, 0.5) is 0 Å². The third-order valence-corrected chi connectivity index (χ3v) is 11.8. The minimum Gasteiger partial charge on any atom is -0.469 e. The summed E-state index contributed by atoms with van der Waals surface area (Å²) in [4.78, 5) is 16.2. The Morgan fingerprint density at radius 1 is 1.14 bits per heavy atom. The van der Waals surface area contributed by atoms with Crippen LogP contribution in [0.3, 0.4) is 0 Å². The Morgan fingerprint density at radius 2 is 1.92 bits per heavy atom. The van der Waals surface area contributed by atoms with Gasteiger partial charge in [-0.25, -0.2) is 0 Å². The molecule has 0 aliphatic heterocycles. The summed E-state index contributed by atoms with van der Waals surface area (Å²) in [6.45, 7) is 8.28. The summed E-state index contributed by atoms with van der Waals surface area (Å²) in [6, 6.07) is 6.65. The summed E-state index contributed by atoms with van der Waals surface area (Å²) in [5, 5.41) is 15.4. The van der Waals surface area contributed by atoms with Crippen LogP contribution >= 0.6 is 0 Å². The minimum absolute atomic E-state index is 0.0861. The molecule has 200 valence electrons. The predicted octanol–water partition coefficient (Wildman–Crippen LogP) is 5.76. The maximum absolute atomic E-state index is 11.8. The van der Waals surface area contributed by atoms with Crippen LogP contribution in [0.25, 0.3) is 0 Å². The highest BCUT2D eigenvalue weighted by Gasteiger charge is 2.62. The number of fused-ring (bicyclic) bond motifs is 5. The molecule has 4 fully saturated rings. The van der Waals surface area contributed by atoms with Crippen molar-refractivity contribution in [2.75, 3.05) is 7.11 Å². The maximum atomic E-state index is 11.8. The fourth-order valence-electron chi connectivity index (χ4n) is 9.78. The average Bonchev–Trinajstić information content (AvgIpc) is 3.24. The standard InChI is InChI=1S/C31H48N2O3/c1-20(8-11-28(35)36-4)24-9-10-25-29-26(13-15-31(24,25)3)30(2)14-12-22(17-21(30)18-27(29)34)33-19-23-7-5-6-16-32-23/h5-7,16,20-22,24-27,29,33-34H,8-15,17-19H2,1-4H3/t20-,21-,22-,24-,25?,26?,27-,29?,30+,31-/m1/s1. The molecule has 1 heterocycles. The Balaban J connectivity index is 1.25. The van der Waals surface area contributed by atoms with Gasteiger partial charge in [-0.2, -0.15) is 0 Å². The molecule has 0 bridgehead atoms. The second kappa shape index (κ2) is 10.4. The van der Waals surface area contributed by atoms with Gasteiger partial charge in [-0.05, 0) is 116 Å². The summed E-state index contributed by atoms with van der Waals surface area (Å²) in [6.07, 6.45) is 12.8. The lowest BCUT2D eigenvalue weighted by molar-refractivity contribution is -0.167. The van der Waals surface area contributed by atoms with E-state index in [1.807, 2.05) is 12.3 Å². The SMILES string of the molecule is COC(=O)CC[C@@H](C)[C@H]1CCC2C3C(CC[C@@]21C)[C@@]1(C)CC[C@@H](NCc2ccccn2)C[C@@H]1C[C@H]3O. The second-order valence-electron chi connectivity index (χ2n) is 13.3. The van der Waals surface area contributed by atoms with E-state index in [0.29, 0.717) is 58.8 Å². The molecule has 0 saturated heterocycles. The van der Waals surface area contributed by atoms with Crippen LogP contribution in [0.2, 0.25) is 0 Å². The van der Waals surface area contributed by atoms with E-state index in [1.165, 1.54) is 52.1 Å². The van der Waals surface area contributed by atoms with E-state index in [9.17, 15) is 9.90 Å². The molecule has 5 heteroatoms. The summed E-state index contributed by atoms with van der Waals surface area (Å²) in [5.74, 6) is 3.40. The van der Waals surface area contributed by atoms with E-state index < -0.39 is 0 Å². The van der Waals surface area contributed by atoms with Crippen molar-refractivity contribution in [1.29, 1.82) is 0 Å². The van der Waals surface area contributed by atoms with Gasteiger partial charge in [-0.15, -0.1) is 0 Å². The lowest BCUT2D eigenvalue weighted by Gasteiger charge is -2.62. The third kappa shape index (κ3) is 4.64. The van der Waals surface area contributed by atoms with Gasteiger partial charge in [0, 0.05) is 25.2 Å². The Morgan fingerprint density at radius 3 is 2.67 bits per heavy atom. The van der Waals surface area contributed by atoms with E-state index in [0.717, 1.165) is 25.1 Å². The maximum Gasteiger partial charge on any atom is 0.305 e. The number of ether oxygens (including phenoxy) is 1. The number of rotatable bonds is 7. The quantitative estimate of drug-likeness (QED) is 0.470. The van der Waals surface area contributed by atoms with Gasteiger partial charge in [-0.3, -0.25) is 9.78 Å². The van der Waals surface area contributed by atoms with Crippen molar-refractivity contribution < 1.29 is 14.6 Å². The number of hydrogen-bond acceptors (Lipinski definition) is 5. The molecular formula is C31H48N2O3. The largest absolute Gasteiger partial charge is 0.469 e. The van der Waals surface area contributed by atoms with Crippen LogP contribution in [0.5, 0.6) is 0 Å². The molecule has 5 rings (SSSR count). The number of aliphatic hydroxyl groups excluding tert-OH is 1. The van der Waals surface area contributed by atoms with Crippen LogP contribution < -0.4 is 5.32 Å². The Hall–Kier alpha value is -1.46. The van der Waals surface area contributed by atoms with Gasteiger partial charge in [0.15, 0.2) is 0 Å². The molecule has 10 atom stereocenters. The summed E-state index contributed by atoms with van der Waals surface area (Å²) in [7, 11) is 1.49. The van der Waals surface area contributed by atoms with Crippen molar-refractivity contribution in [1.82, 2.24) is 10.3 Å². The fourth-order valence-corrected chi connectivity index (χ4v) is 9.78. The Labute approximate surface area is 218 Å². The van der Waals surface area contributed by atoms with Crippen molar-refractivity contribution in [2.45, 2.75) is 104 Å². The van der Waals surface area contributed by atoms with Gasteiger partial charge in [-0.1, -0.05) is 26.8 Å². The number of nitrogens with one attached hydrogen (secondary N) is 1. The summed E-state index contributed by atoms with van der Waals surface area (Å²) < 4.78 is 4.91. The van der Waals surface area contributed by atoms with Gasteiger partial charge in [0.1, 0.15) is 0 Å². The van der Waals surface area contributed by atoms with E-state index in [2.05, 4.69) is 43.2 Å². The molecule has 36 heavy (non-hydrogen) atoms. The first-order valence-electron chi connectivity index (χ1n) is 14.6. The van der Waals surface area contributed by atoms with Crippen LogP contribution in [0, 0.1) is 46.3 Å². The Bertz CT molecular complexity index is 908. The molecule has 0 amide bonds. The number of pyridine rings is 1. The number of methoxy groups -OCH3 is 1. The number of nitrogens with zero attached hydrogens (tertiary/aromatic N) is 1. The lowest BCUT2D eigenvalue weighted by atomic mass is 9.43. The van der Waals surface area contributed by atoms with Crippen molar-refractivity contribution in [3.05, 3.63) is 30.1 Å². The van der Waals surface area contributed by atoms with Crippen LogP contribution in [0.15, 0.2) is 24.4 Å². The van der Waals surface area contributed by atoms with Crippen LogP contribution in [0.1, 0.15) is 90.7 Å². The zero-order valence-electron chi connectivity index (χ0n) is 22.9. The van der Waals surface area contributed by atoms with Gasteiger partial charge >= 0.3 is 5.97 Å². The molecule has 0 aromatic carbocycles. The van der Waals surface area contributed by atoms with Crippen molar-refractivity contribution in [3.8, 4) is 0 Å². The zero-order chi connectivity index (χ0) is 25.5. The van der Waals surface area contributed by atoms with Crippen LogP contribution in [-0.4, -0.2) is 35.3 Å². The number of hydrogen-bond donors (Lipinski definition) is 2. The molecule has 3 unspecified atom stereocenters. The second-order valence-corrected chi connectivity index (χ2v) is 13.3. The molecule has 4 aliphatic carbocycles. The zero-order valence-corrected chi connectivity index (χ0v) is 22.9. The van der Waals surface area contributed by atoms with Gasteiger partial charge in [0.25, 0.3) is 0 Å². The molecule has 1 aromatic heterocycles. The van der Waals surface area contributed by atoms with Crippen molar-refractivity contribution >= 4 is 5.97 Å². The highest BCUT2D eigenvalue weighted by Crippen LogP contribution is 2.68. The number of aromatic nitrogens is 1. The van der Waals surface area contributed by atoms with Gasteiger partial charge in [0.05, 0.1) is 18.9 Å². The first-order valence-corrected chi connectivity index (χ1v) is 14.6. The van der Waals surface area contributed by atoms with E-state index in [1.54, 1.807) is 0 Å². The first kappa shape index (κ1) is 26.2. The molecule has 0 radical (unpaired) electrons. The van der Waals surface area contributed by atoms with Gasteiger partial charge in [0.2, 0.25) is 0 Å². The fraction of sp³-hybridized carbons (Fsp3) is 0.806. The Kier molecular flexibility index (Phi) is 7.53. The first-order chi connectivity index (χ1) is 17.3. The molecule has 0 spiro atoms. The molecule has 5 nitrogen and oxygen atoms in total. The number of carbonyl (C=O) groups is 1. The summed E-state index contributed by atoms with van der Waals surface area (Å²) in [5.41, 5.74) is 1.75. The van der Waals surface area contributed by atoms with E-state index in [-0.39, 0.29) is 12.1 Å². The smallest absolute Gasteiger partial charge is 0.305 e. The average molecular weight is 497 g/mol. The van der Waals surface area contributed by atoms with E-state index >= 15 is 0 Å². The molecule has 1 aromatic rings. The summed E-state index contributed by atoms with van der Waals surface area (Å²) >= 11 is 0. The highest BCUT2D eigenvalue weighted by molar-refractivity contribution is 5.69. The lowest BCUT2D eigenvalue weighted by Crippen LogP contribution is -2.59. The molecule has 4 aliphatic rings. The van der Waals surface area contributed by atoms with Crippen molar-refractivity contribution in [3.63, 3.8) is 0 Å². The van der Waals surface area contributed by atoms with E-state index in [4.69, 9.17) is 4.74 Å². The van der Waals surface area contributed by atoms with Crippen LogP contribution in [-0.2, 0) is 16.1 Å². The monoisotopic (exact) mass is 496 g/mol. The molecule has 4 saturated carbocycles. The van der Waals surface area contributed by atoms with Crippen molar-refractivity contribution in [2.24, 2.45) is 46.3 Å². The minimum atomic E-state index is -0.170. The number of carbonyl (C=O) groups excluding carboxylic acids is 1.